The van der Waals surface area contributed by atoms with Crippen LogP contribution in [0.5, 0.6) is 5.75 Å². The van der Waals surface area contributed by atoms with Gasteiger partial charge in [0.1, 0.15) is 12.1 Å². The highest BCUT2D eigenvalue weighted by Gasteiger charge is 2.24. The van der Waals surface area contributed by atoms with Gasteiger partial charge in [-0.2, -0.15) is 0 Å². The standard InChI is InChI=1S/C23H24N4O4/c1-14-4-5-15(22(29)25-16-6-7-16)10-20(14)27-13-24-19-9-8-17(11-18(19)23(27)30)31-12-21(28)26(2)3/h4-5,8-11,13,16H,6-7,12H2,1-3H3,(H,25,29). The molecule has 3 aromatic rings. The van der Waals surface area contributed by atoms with Gasteiger partial charge >= 0.3 is 0 Å². The highest BCUT2D eigenvalue weighted by Crippen LogP contribution is 2.22. The Morgan fingerprint density at radius 1 is 1.19 bits per heavy atom. The van der Waals surface area contributed by atoms with Gasteiger partial charge in [-0.15, -0.1) is 0 Å². The highest BCUT2D eigenvalue weighted by molar-refractivity contribution is 5.95. The number of aryl methyl sites for hydroxylation is 1. The zero-order valence-corrected chi connectivity index (χ0v) is 17.7. The molecule has 8 heteroatoms. The fourth-order valence-corrected chi connectivity index (χ4v) is 3.14. The molecule has 0 bridgehead atoms. The van der Waals surface area contributed by atoms with Crippen LogP contribution in [-0.2, 0) is 4.79 Å². The van der Waals surface area contributed by atoms with Crippen LogP contribution in [0.1, 0.15) is 28.8 Å². The number of fused-ring (bicyclic) bond motifs is 1. The molecule has 1 aliphatic carbocycles. The molecule has 1 fully saturated rings. The molecule has 4 rings (SSSR count). The molecule has 31 heavy (non-hydrogen) atoms. The molecule has 1 heterocycles. The zero-order valence-electron chi connectivity index (χ0n) is 17.7. The van der Waals surface area contributed by atoms with Gasteiger partial charge in [-0.25, -0.2) is 4.98 Å². The second-order valence-electron chi connectivity index (χ2n) is 7.92. The number of likely N-dealkylation sites (N-methyl/N-ethyl adjacent to an activating group) is 1. The second kappa shape index (κ2) is 8.22. The van der Waals surface area contributed by atoms with E-state index in [1.54, 1.807) is 44.4 Å². The minimum absolute atomic E-state index is 0.121. The summed E-state index contributed by atoms with van der Waals surface area (Å²) in [5.41, 5.74) is 2.18. The maximum absolute atomic E-state index is 13.2. The van der Waals surface area contributed by atoms with Gasteiger partial charge < -0.3 is 15.0 Å². The lowest BCUT2D eigenvalue weighted by molar-refractivity contribution is -0.130. The van der Waals surface area contributed by atoms with Gasteiger partial charge in [0.15, 0.2) is 6.61 Å². The smallest absolute Gasteiger partial charge is 0.265 e. The van der Waals surface area contributed by atoms with Gasteiger partial charge in [-0.3, -0.25) is 19.0 Å². The van der Waals surface area contributed by atoms with E-state index >= 15 is 0 Å². The third-order valence-electron chi connectivity index (χ3n) is 5.23. The van der Waals surface area contributed by atoms with Crippen molar-refractivity contribution >= 4 is 22.7 Å². The Morgan fingerprint density at radius 3 is 2.68 bits per heavy atom. The normalized spacial score (nSPS) is 13.1. The molecule has 2 aromatic carbocycles. The Hall–Kier alpha value is -3.68. The maximum atomic E-state index is 13.2. The van der Waals surface area contributed by atoms with Crippen LogP contribution < -0.4 is 15.6 Å². The number of hydrogen-bond donors (Lipinski definition) is 1. The molecular formula is C23H24N4O4. The first-order valence-electron chi connectivity index (χ1n) is 10.1. The molecule has 0 saturated heterocycles. The molecule has 1 aliphatic rings. The fraction of sp³-hybridized carbons (Fsp3) is 0.304. The SMILES string of the molecule is Cc1ccc(C(=O)NC2CC2)cc1-n1cnc2ccc(OCC(=O)N(C)C)cc2c1=O. The number of amides is 2. The van der Waals surface area contributed by atoms with Crippen molar-refractivity contribution < 1.29 is 14.3 Å². The predicted octanol–water partition coefficient (Wildman–Crippen LogP) is 2.05. The third kappa shape index (κ3) is 4.42. The van der Waals surface area contributed by atoms with Crippen molar-refractivity contribution in [3.05, 3.63) is 64.2 Å². The number of carbonyl (C=O) groups is 2. The lowest BCUT2D eigenvalue weighted by Crippen LogP contribution is -2.27. The molecule has 0 atom stereocenters. The van der Waals surface area contributed by atoms with Crippen molar-refractivity contribution in [2.24, 2.45) is 0 Å². The van der Waals surface area contributed by atoms with Gasteiger partial charge in [-0.05, 0) is 55.7 Å². The summed E-state index contributed by atoms with van der Waals surface area (Å²) in [5, 5.41) is 3.33. The summed E-state index contributed by atoms with van der Waals surface area (Å²) in [6.45, 7) is 1.76. The predicted molar refractivity (Wildman–Crippen MR) is 117 cm³/mol. The van der Waals surface area contributed by atoms with Crippen molar-refractivity contribution in [3.8, 4) is 11.4 Å². The van der Waals surface area contributed by atoms with Crippen LogP contribution in [0.15, 0.2) is 47.5 Å². The Labute approximate surface area is 179 Å². The maximum Gasteiger partial charge on any atom is 0.265 e. The third-order valence-corrected chi connectivity index (χ3v) is 5.23. The number of hydrogen-bond acceptors (Lipinski definition) is 5. The lowest BCUT2D eigenvalue weighted by Gasteiger charge is -2.13. The summed E-state index contributed by atoms with van der Waals surface area (Å²) < 4.78 is 6.97. The molecular weight excluding hydrogens is 396 g/mol. The quantitative estimate of drug-likeness (QED) is 0.659. The van der Waals surface area contributed by atoms with E-state index in [4.69, 9.17) is 4.74 Å². The monoisotopic (exact) mass is 420 g/mol. The highest BCUT2D eigenvalue weighted by atomic mass is 16.5. The van der Waals surface area contributed by atoms with E-state index < -0.39 is 0 Å². The minimum atomic E-state index is -0.280. The zero-order chi connectivity index (χ0) is 22.1. The van der Waals surface area contributed by atoms with E-state index in [1.165, 1.54) is 15.8 Å². The number of nitrogens with one attached hydrogen (secondary N) is 1. The summed E-state index contributed by atoms with van der Waals surface area (Å²) in [5.74, 6) is 0.0843. The van der Waals surface area contributed by atoms with E-state index in [-0.39, 0.29) is 30.0 Å². The minimum Gasteiger partial charge on any atom is -0.484 e. The van der Waals surface area contributed by atoms with E-state index in [9.17, 15) is 14.4 Å². The van der Waals surface area contributed by atoms with Crippen LogP contribution >= 0.6 is 0 Å². The molecule has 1 N–H and O–H groups in total. The number of aromatic nitrogens is 2. The molecule has 2 amide bonds. The van der Waals surface area contributed by atoms with Crippen LogP contribution in [0.3, 0.4) is 0 Å². The number of nitrogens with zero attached hydrogens (tertiary/aromatic N) is 3. The summed E-state index contributed by atoms with van der Waals surface area (Å²) in [7, 11) is 3.30. The first-order chi connectivity index (χ1) is 14.8. The Kier molecular flexibility index (Phi) is 5.46. The van der Waals surface area contributed by atoms with Crippen LogP contribution in [0.2, 0.25) is 0 Å². The molecule has 1 aromatic heterocycles. The number of carbonyl (C=O) groups excluding carboxylic acids is 2. The molecule has 160 valence electrons. The van der Waals surface area contributed by atoms with Crippen LogP contribution in [0.4, 0.5) is 0 Å². The molecule has 0 spiro atoms. The fourth-order valence-electron chi connectivity index (χ4n) is 3.14. The van der Waals surface area contributed by atoms with Crippen LogP contribution in [0, 0.1) is 6.92 Å². The van der Waals surface area contributed by atoms with Gasteiger partial charge in [0.05, 0.1) is 16.6 Å². The van der Waals surface area contributed by atoms with Crippen molar-refractivity contribution in [1.82, 2.24) is 19.8 Å². The lowest BCUT2D eigenvalue weighted by atomic mass is 10.1. The first kappa shape index (κ1) is 20.6. The summed E-state index contributed by atoms with van der Waals surface area (Å²) in [6.07, 6.45) is 3.47. The molecule has 0 radical (unpaired) electrons. The molecule has 0 aliphatic heterocycles. The van der Waals surface area contributed by atoms with E-state index in [2.05, 4.69) is 10.3 Å². The van der Waals surface area contributed by atoms with Crippen molar-refractivity contribution in [3.63, 3.8) is 0 Å². The van der Waals surface area contributed by atoms with Crippen LogP contribution in [-0.4, -0.2) is 53.0 Å². The van der Waals surface area contributed by atoms with E-state index in [1.807, 2.05) is 13.0 Å². The van der Waals surface area contributed by atoms with Crippen molar-refractivity contribution in [2.75, 3.05) is 20.7 Å². The molecule has 0 unspecified atom stereocenters. The number of rotatable bonds is 6. The second-order valence-corrected chi connectivity index (χ2v) is 7.92. The van der Waals surface area contributed by atoms with E-state index in [0.717, 1.165) is 18.4 Å². The average Bonchev–Trinajstić information content (AvgIpc) is 3.57. The van der Waals surface area contributed by atoms with Gasteiger partial charge in [0.25, 0.3) is 17.4 Å². The Bertz CT molecular complexity index is 1230. The average molecular weight is 420 g/mol. The molecule has 1 saturated carbocycles. The van der Waals surface area contributed by atoms with Gasteiger partial charge in [-0.1, -0.05) is 6.07 Å². The summed E-state index contributed by atoms with van der Waals surface area (Å²) >= 11 is 0. The molecule has 8 nitrogen and oxygen atoms in total. The van der Waals surface area contributed by atoms with Crippen molar-refractivity contribution in [1.29, 1.82) is 0 Å². The summed E-state index contributed by atoms with van der Waals surface area (Å²) in [6, 6.07) is 10.5. The Morgan fingerprint density at radius 2 is 1.97 bits per heavy atom. The topological polar surface area (TPSA) is 93.5 Å². The van der Waals surface area contributed by atoms with E-state index in [0.29, 0.717) is 27.9 Å². The van der Waals surface area contributed by atoms with Crippen molar-refractivity contribution in [2.45, 2.75) is 25.8 Å². The first-order valence-corrected chi connectivity index (χ1v) is 10.1. The Balaban J connectivity index is 1.69. The van der Waals surface area contributed by atoms with Gasteiger partial charge in [0.2, 0.25) is 0 Å². The van der Waals surface area contributed by atoms with Gasteiger partial charge in [0, 0.05) is 25.7 Å². The number of ether oxygens (including phenoxy) is 1. The number of benzene rings is 2. The summed E-state index contributed by atoms with van der Waals surface area (Å²) in [4.78, 5) is 43.3. The van der Waals surface area contributed by atoms with Crippen LogP contribution in [0.25, 0.3) is 16.6 Å². The largest absolute Gasteiger partial charge is 0.484 e.